The number of aromatic amines is 1. The van der Waals surface area contributed by atoms with Gasteiger partial charge < -0.3 is 25.8 Å². The third-order valence-corrected chi connectivity index (χ3v) is 11.3. The van der Waals surface area contributed by atoms with E-state index >= 15 is 0 Å². The minimum atomic E-state index is -0.938. The maximum Gasteiger partial charge on any atom is 0.303 e. The fourth-order valence-electron chi connectivity index (χ4n) is 7.52. The Balaban J connectivity index is 1.39. The number of hydroxylamine groups is 2. The number of carbonyl (C=O) groups excluding carboxylic acids is 2. The van der Waals surface area contributed by atoms with Crippen LogP contribution in [0.4, 0.5) is 0 Å². The molecule has 3 saturated heterocycles. The fourth-order valence-corrected chi connectivity index (χ4v) is 8.48. The maximum atomic E-state index is 12.6. The van der Waals surface area contributed by atoms with Gasteiger partial charge in [0.1, 0.15) is 0 Å². The van der Waals surface area contributed by atoms with Crippen molar-refractivity contribution in [2.75, 3.05) is 5.75 Å². The molecule has 6 rings (SSSR count). The summed E-state index contributed by atoms with van der Waals surface area (Å²) < 4.78 is 0. The number of nitrogens with zero attached hydrogens (tertiary/aromatic N) is 1. The Kier molecular flexibility index (Phi) is 8.01. The standard InChI is InChI=1S/C33H40N4O7S/c1-6-19-15(2)23(35-32(19)43)12-26-17(4)21(8-10-29(40)41)33(37(26)44-33)13-25-20(7-9-28(38)39)16(3)22(34-25)11-24-30(27-14-45-27)18(5)31(42)36-24/h6,11,13,18,21,23-24,27,30,34H,1,7-10,12,14H2,2-5H3,(H,35,43)(H,36,42)(H,38,39)(H,40,41)/b22-11+,25-13-/t18-,21?,23-,24?,27+,30-,33-,37?/m1/s1. The summed E-state index contributed by atoms with van der Waals surface area (Å²) in [6, 6.07) is -0.377. The summed E-state index contributed by atoms with van der Waals surface area (Å²) in [5.41, 5.74) is 4.18. The van der Waals surface area contributed by atoms with Gasteiger partial charge in [0, 0.05) is 70.0 Å². The summed E-state index contributed by atoms with van der Waals surface area (Å²) in [5.74, 6) is -1.06. The van der Waals surface area contributed by atoms with Gasteiger partial charge >= 0.3 is 11.9 Å². The first-order valence-electron chi connectivity index (χ1n) is 15.5. The van der Waals surface area contributed by atoms with E-state index in [1.807, 2.05) is 50.6 Å². The predicted molar refractivity (Wildman–Crippen MR) is 169 cm³/mol. The number of thioether (sulfide) groups is 1. The molecule has 1 aromatic heterocycles. The molecule has 0 bridgehead atoms. The number of aromatic nitrogens is 1. The molecular formula is C33H40N4O7S. The van der Waals surface area contributed by atoms with Crippen LogP contribution in [0.2, 0.25) is 0 Å². The average Bonchev–Trinajstić information content (AvgIpc) is 3.84. The molecule has 1 aromatic rings. The minimum absolute atomic E-state index is 0.0433. The number of carboxylic acids is 2. The Morgan fingerprint density at radius 3 is 2.44 bits per heavy atom. The van der Waals surface area contributed by atoms with Crippen LogP contribution in [-0.4, -0.2) is 72.8 Å². The molecule has 6 heterocycles. The normalized spacial score (nSPS) is 32.8. The van der Waals surface area contributed by atoms with E-state index in [2.05, 4.69) is 28.3 Å². The zero-order valence-corrected chi connectivity index (χ0v) is 26.8. The molecule has 3 fully saturated rings. The number of carboxylic acid groups (broad SMARTS) is 2. The van der Waals surface area contributed by atoms with Crippen molar-refractivity contribution >= 4 is 47.7 Å². The van der Waals surface area contributed by atoms with E-state index in [1.165, 1.54) is 0 Å². The van der Waals surface area contributed by atoms with Crippen molar-refractivity contribution in [2.24, 2.45) is 17.8 Å². The van der Waals surface area contributed by atoms with Crippen LogP contribution in [0.5, 0.6) is 0 Å². The second-order valence-electron chi connectivity index (χ2n) is 12.8. The lowest BCUT2D eigenvalue weighted by Crippen LogP contribution is -2.31. The molecule has 5 N–H and O–H groups in total. The summed E-state index contributed by atoms with van der Waals surface area (Å²) in [6.07, 6.45) is 6.61. The molecule has 45 heavy (non-hydrogen) atoms. The second-order valence-corrected chi connectivity index (χ2v) is 14.1. The van der Waals surface area contributed by atoms with Crippen molar-refractivity contribution < 1.29 is 34.2 Å². The smallest absolute Gasteiger partial charge is 0.303 e. The van der Waals surface area contributed by atoms with Gasteiger partial charge in [0.25, 0.3) is 5.91 Å². The number of hydrogen-bond donors (Lipinski definition) is 5. The Labute approximate surface area is 265 Å². The van der Waals surface area contributed by atoms with Gasteiger partial charge in [-0.1, -0.05) is 19.6 Å². The highest BCUT2D eigenvalue weighted by molar-refractivity contribution is 8.06. The second kappa shape index (κ2) is 11.5. The van der Waals surface area contributed by atoms with Crippen molar-refractivity contribution in [3.63, 3.8) is 0 Å². The average molecular weight is 637 g/mol. The topological polar surface area (TPSA) is 164 Å². The van der Waals surface area contributed by atoms with Crippen LogP contribution in [-0.2, 0) is 30.4 Å². The van der Waals surface area contributed by atoms with Crippen molar-refractivity contribution in [2.45, 2.75) is 82.9 Å². The summed E-state index contributed by atoms with van der Waals surface area (Å²) in [4.78, 5) is 58.2. The number of H-pyrrole nitrogens is 1. The fraction of sp³-hybridized carbons (Fsp3) is 0.515. The number of fused-ring (bicyclic) bond motifs is 1. The van der Waals surface area contributed by atoms with Crippen LogP contribution in [0.1, 0.15) is 57.6 Å². The van der Waals surface area contributed by atoms with Gasteiger partial charge in [-0.2, -0.15) is 11.8 Å². The molecule has 5 aliphatic heterocycles. The van der Waals surface area contributed by atoms with E-state index in [-0.39, 0.29) is 54.5 Å². The highest BCUT2D eigenvalue weighted by Crippen LogP contribution is 2.58. The van der Waals surface area contributed by atoms with Crippen LogP contribution in [0.15, 0.2) is 35.1 Å². The van der Waals surface area contributed by atoms with Gasteiger partial charge in [0.05, 0.1) is 12.1 Å². The molecule has 2 amide bonds. The maximum absolute atomic E-state index is 12.6. The number of nitrogens with one attached hydrogen (secondary N) is 3. The molecule has 7 atom stereocenters. The van der Waals surface area contributed by atoms with E-state index in [0.717, 1.165) is 44.4 Å². The summed E-state index contributed by atoms with van der Waals surface area (Å²) in [7, 11) is 0. The van der Waals surface area contributed by atoms with E-state index in [9.17, 15) is 29.4 Å². The molecule has 240 valence electrons. The van der Waals surface area contributed by atoms with Crippen LogP contribution < -0.4 is 21.3 Å². The van der Waals surface area contributed by atoms with Gasteiger partial charge in [0.2, 0.25) is 11.6 Å². The van der Waals surface area contributed by atoms with Gasteiger partial charge in [0.15, 0.2) is 0 Å². The van der Waals surface area contributed by atoms with Crippen LogP contribution >= 0.6 is 11.8 Å². The molecule has 12 heteroatoms. The van der Waals surface area contributed by atoms with E-state index in [4.69, 9.17) is 4.84 Å². The third kappa shape index (κ3) is 5.52. The summed E-state index contributed by atoms with van der Waals surface area (Å²) in [6.45, 7) is 11.6. The molecule has 0 saturated carbocycles. The number of rotatable bonds is 12. The Hall–Kier alpha value is -3.77. The molecule has 5 aliphatic rings. The van der Waals surface area contributed by atoms with E-state index in [0.29, 0.717) is 30.1 Å². The first kappa shape index (κ1) is 31.2. The molecule has 0 aromatic carbocycles. The number of hydrogen-bond acceptors (Lipinski definition) is 7. The third-order valence-electron chi connectivity index (χ3n) is 10.2. The Morgan fingerprint density at radius 2 is 1.82 bits per heavy atom. The van der Waals surface area contributed by atoms with Crippen LogP contribution in [0.3, 0.4) is 0 Å². The van der Waals surface area contributed by atoms with Gasteiger partial charge in [-0.15, -0.1) is 0 Å². The molecule has 0 aliphatic carbocycles. The van der Waals surface area contributed by atoms with Gasteiger partial charge in [-0.05, 0) is 68.0 Å². The Morgan fingerprint density at radius 1 is 1.11 bits per heavy atom. The lowest BCUT2D eigenvalue weighted by molar-refractivity contribution is -0.138. The minimum Gasteiger partial charge on any atom is -0.481 e. The zero-order valence-electron chi connectivity index (χ0n) is 25.9. The highest BCUT2D eigenvalue weighted by atomic mass is 32.2. The zero-order chi connectivity index (χ0) is 32.4. The van der Waals surface area contributed by atoms with Crippen LogP contribution in [0, 0.1) is 24.7 Å². The number of carbonyl (C=O) groups is 4. The number of amides is 2. The van der Waals surface area contributed by atoms with Gasteiger partial charge in [-0.25, -0.2) is 9.90 Å². The molecule has 0 radical (unpaired) electrons. The monoisotopic (exact) mass is 636 g/mol. The number of aliphatic carboxylic acids is 2. The lowest BCUT2D eigenvalue weighted by Gasteiger charge is -2.17. The quantitative estimate of drug-likeness (QED) is 0.216. The first-order chi connectivity index (χ1) is 21.4. The lowest BCUT2D eigenvalue weighted by atomic mass is 9.87. The predicted octanol–water partition coefficient (Wildman–Crippen LogP) is 1.87. The van der Waals surface area contributed by atoms with Crippen molar-refractivity contribution in [3.8, 4) is 0 Å². The Bertz CT molecular complexity index is 1690. The van der Waals surface area contributed by atoms with Crippen molar-refractivity contribution in [1.29, 1.82) is 0 Å². The molecular weight excluding hydrogens is 596 g/mol. The SMILES string of the molecule is C=CC1=C(C)[C@@H](CC2=C(C)C(CCC(=O)O)[C@@]3(/C=c4\[nH]/c(=C/C5NC(=O)[C@H](C)[C@H]5[C@@H]5CS5)c(C)c4CCC(=O)O)ON23)NC1=O. The van der Waals surface area contributed by atoms with Crippen molar-refractivity contribution in [3.05, 3.63) is 56.9 Å². The van der Waals surface area contributed by atoms with E-state index < -0.39 is 17.7 Å². The van der Waals surface area contributed by atoms with Gasteiger partial charge in [-0.3, -0.25) is 19.2 Å². The molecule has 0 spiro atoms. The van der Waals surface area contributed by atoms with Crippen molar-refractivity contribution in [1.82, 2.24) is 20.7 Å². The summed E-state index contributed by atoms with van der Waals surface area (Å²) in [5, 5.41) is 29.1. The van der Waals surface area contributed by atoms with E-state index in [1.54, 1.807) is 6.08 Å². The summed E-state index contributed by atoms with van der Waals surface area (Å²) >= 11 is 1.86. The molecule has 11 nitrogen and oxygen atoms in total. The largest absolute Gasteiger partial charge is 0.481 e. The molecule has 2 unspecified atom stereocenters. The highest BCUT2D eigenvalue weighted by Gasteiger charge is 2.65. The van der Waals surface area contributed by atoms with Crippen LogP contribution in [0.25, 0.3) is 12.2 Å². The first-order valence-corrected chi connectivity index (χ1v) is 16.5.